The van der Waals surface area contributed by atoms with E-state index in [0.717, 1.165) is 19.5 Å². The van der Waals surface area contributed by atoms with E-state index in [1.54, 1.807) is 29.2 Å². The summed E-state index contributed by atoms with van der Waals surface area (Å²) in [5.74, 6) is -0.911. The molecule has 0 spiro atoms. The SMILES string of the molecule is O=C(O)Cc1ccccc1NC(=O)N1CCCNCC1. The molecule has 0 bridgehead atoms. The fraction of sp³-hybridized carbons (Fsp3) is 0.429. The number of nitrogens with one attached hydrogen (secondary N) is 2. The summed E-state index contributed by atoms with van der Waals surface area (Å²) in [6.07, 6.45) is 0.822. The van der Waals surface area contributed by atoms with Crippen LogP contribution in [-0.4, -0.2) is 48.2 Å². The molecule has 1 fully saturated rings. The Bertz CT molecular complexity index is 482. The van der Waals surface area contributed by atoms with Crippen molar-refractivity contribution in [2.24, 2.45) is 0 Å². The van der Waals surface area contributed by atoms with E-state index >= 15 is 0 Å². The predicted molar refractivity (Wildman–Crippen MR) is 75.9 cm³/mol. The van der Waals surface area contributed by atoms with Crippen LogP contribution < -0.4 is 10.6 Å². The van der Waals surface area contributed by atoms with Crippen molar-refractivity contribution in [1.29, 1.82) is 0 Å². The molecule has 108 valence electrons. The first-order chi connectivity index (χ1) is 9.66. The first kappa shape index (κ1) is 14.3. The average molecular weight is 277 g/mol. The number of aliphatic carboxylic acids is 1. The highest BCUT2D eigenvalue weighted by atomic mass is 16.4. The van der Waals surface area contributed by atoms with Gasteiger partial charge in [-0.25, -0.2) is 4.79 Å². The molecular formula is C14H19N3O3. The molecule has 1 saturated heterocycles. The summed E-state index contributed by atoms with van der Waals surface area (Å²) in [6, 6.07) is 6.82. The van der Waals surface area contributed by atoms with Gasteiger partial charge in [-0.15, -0.1) is 0 Å². The molecule has 1 aliphatic heterocycles. The molecule has 6 heteroatoms. The maximum atomic E-state index is 12.2. The minimum absolute atomic E-state index is 0.0992. The summed E-state index contributed by atoms with van der Waals surface area (Å²) in [5.41, 5.74) is 1.18. The minimum atomic E-state index is -0.911. The van der Waals surface area contributed by atoms with Gasteiger partial charge in [-0.3, -0.25) is 4.79 Å². The number of hydrogen-bond acceptors (Lipinski definition) is 3. The Kier molecular flexibility index (Phi) is 4.95. The molecule has 1 aliphatic rings. The topological polar surface area (TPSA) is 81.7 Å². The Labute approximate surface area is 117 Å². The van der Waals surface area contributed by atoms with E-state index in [0.29, 0.717) is 24.3 Å². The predicted octanol–water partition coefficient (Wildman–Crippen LogP) is 1.14. The van der Waals surface area contributed by atoms with Crippen molar-refractivity contribution in [3.63, 3.8) is 0 Å². The van der Waals surface area contributed by atoms with Crippen LogP contribution in [0, 0.1) is 0 Å². The van der Waals surface area contributed by atoms with Crippen LogP contribution in [0.25, 0.3) is 0 Å². The smallest absolute Gasteiger partial charge is 0.321 e. The fourth-order valence-corrected chi connectivity index (χ4v) is 2.20. The van der Waals surface area contributed by atoms with Crippen LogP contribution in [0.4, 0.5) is 10.5 Å². The third kappa shape index (κ3) is 3.96. The number of hydrogen-bond donors (Lipinski definition) is 3. The summed E-state index contributed by atoms with van der Waals surface area (Å²) in [7, 11) is 0. The monoisotopic (exact) mass is 277 g/mol. The van der Waals surface area contributed by atoms with E-state index in [2.05, 4.69) is 10.6 Å². The standard InChI is InChI=1S/C14H19N3O3/c18-13(19)10-11-4-1-2-5-12(11)16-14(20)17-8-3-6-15-7-9-17/h1-2,4-5,15H,3,6-10H2,(H,16,20)(H,18,19). The van der Waals surface area contributed by atoms with E-state index in [1.165, 1.54) is 0 Å². The van der Waals surface area contributed by atoms with Crippen molar-refractivity contribution >= 4 is 17.7 Å². The zero-order valence-electron chi connectivity index (χ0n) is 11.3. The van der Waals surface area contributed by atoms with Gasteiger partial charge < -0.3 is 20.6 Å². The molecule has 2 amide bonds. The van der Waals surface area contributed by atoms with Crippen molar-refractivity contribution in [1.82, 2.24) is 10.2 Å². The molecule has 0 unspecified atom stereocenters. The highest BCUT2D eigenvalue weighted by molar-refractivity contribution is 5.91. The van der Waals surface area contributed by atoms with Crippen LogP contribution in [-0.2, 0) is 11.2 Å². The number of amides is 2. The molecule has 20 heavy (non-hydrogen) atoms. The Hall–Kier alpha value is -2.08. The minimum Gasteiger partial charge on any atom is -0.481 e. The Morgan fingerprint density at radius 2 is 2.05 bits per heavy atom. The largest absolute Gasteiger partial charge is 0.481 e. The van der Waals surface area contributed by atoms with Crippen LogP contribution in [0.15, 0.2) is 24.3 Å². The molecule has 0 radical (unpaired) electrons. The number of carbonyl (C=O) groups is 2. The number of para-hydroxylation sites is 1. The first-order valence-corrected chi connectivity index (χ1v) is 6.73. The number of nitrogens with zero attached hydrogens (tertiary/aromatic N) is 1. The summed E-state index contributed by atoms with van der Waals surface area (Å²) in [5, 5.41) is 14.9. The summed E-state index contributed by atoms with van der Waals surface area (Å²) >= 11 is 0. The van der Waals surface area contributed by atoms with Crippen molar-refractivity contribution in [3.8, 4) is 0 Å². The number of carbonyl (C=O) groups excluding carboxylic acids is 1. The van der Waals surface area contributed by atoms with Gasteiger partial charge in [0.15, 0.2) is 0 Å². The van der Waals surface area contributed by atoms with Crippen molar-refractivity contribution < 1.29 is 14.7 Å². The lowest BCUT2D eigenvalue weighted by molar-refractivity contribution is -0.136. The van der Waals surface area contributed by atoms with Crippen LogP contribution in [0.1, 0.15) is 12.0 Å². The molecule has 1 aromatic rings. The van der Waals surface area contributed by atoms with Crippen LogP contribution in [0.3, 0.4) is 0 Å². The lowest BCUT2D eigenvalue weighted by Gasteiger charge is -2.21. The van der Waals surface area contributed by atoms with Gasteiger partial charge in [0.1, 0.15) is 0 Å². The van der Waals surface area contributed by atoms with E-state index in [9.17, 15) is 9.59 Å². The Morgan fingerprint density at radius 3 is 2.85 bits per heavy atom. The van der Waals surface area contributed by atoms with Crippen molar-refractivity contribution in [3.05, 3.63) is 29.8 Å². The summed E-state index contributed by atoms with van der Waals surface area (Å²) < 4.78 is 0. The van der Waals surface area contributed by atoms with Gasteiger partial charge in [0.2, 0.25) is 0 Å². The van der Waals surface area contributed by atoms with Gasteiger partial charge in [0.25, 0.3) is 0 Å². The van der Waals surface area contributed by atoms with E-state index < -0.39 is 5.97 Å². The summed E-state index contributed by atoms with van der Waals surface area (Å²) in [4.78, 5) is 24.8. The zero-order valence-corrected chi connectivity index (χ0v) is 11.3. The quantitative estimate of drug-likeness (QED) is 0.774. The molecular weight excluding hydrogens is 258 g/mol. The third-order valence-corrected chi connectivity index (χ3v) is 3.23. The second-order valence-electron chi connectivity index (χ2n) is 4.75. The molecule has 1 aromatic carbocycles. The lowest BCUT2D eigenvalue weighted by Crippen LogP contribution is -2.37. The van der Waals surface area contributed by atoms with Crippen LogP contribution in [0.2, 0.25) is 0 Å². The normalized spacial score (nSPS) is 15.5. The maximum absolute atomic E-state index is 12.2. The van der Waals surface area contributed by atoms with Crippen molar-refractivity contribution in [2.75, 3.05) is 31.5 Å². The first-order valence-electron chi connectivity index (χ1n) is 6.73. The average Bonchev–Trinajstić information content (AvgIpc) is 2.69. The lowest BCUT2D eigenvalue weighted by atomic mass is 10.1. The summed E-state index contributed by atoms with van der Waals surface area (Å²) in [6.45, 7) is 3.07. The van der Waals surface area contributed by atoms with Gasteiger partial charge in [-0.2, -0.15) is 0 Å². The van der Waals surface area contributed by atoms with Gasteiger partial charge in [-0.1, -0.05) is 18.2 Å². The molecule has 2 rings (SSSR count). The van der Waals surface area contributed by atoms with E-state index in [4.69, 9.17) is 5.11 Å². The number of benzene rings is 1. The number of anilines is 1. The van der Waals surface area contributed by atoms with Gasteiger partial charge >= 0.3 is 12.0 Å². The Morgan fingerprint density at radius 1 is 1.25 bits per heavy atom. The Balaban J connectivity index is 2.04. The molecule has 0 aliphatic carbocycles. The van der Waals surface area contributed by atoms with Gasteiger partial charge in [0, 0.05) is 25.3 Å². The van der Waals surface area contributed by atoms with Gasteiger partial charge in [-0.05, 0) is 24.6 Å². The van der Waals surface area contributed by atoms with Crippen molar-refractivity contribution in [2.45, 2.75) is 12.8 Å². The van der Waals surface area contributed by atoms with Crippen LogP contribution >= 0.6 is 0 Å². The highest BCUT2D eigenvalue weighted by Gasteiger charge is 2.16. The number of urea groups is 1. The zero-order chi connectivity index (χ0) is 14.4. The second-order valence-corrected chi connectivity index (χ2v) is 4.75. The number of carboxylic acids is 1. The van der Waals surface area contributed by atoms with Gasteiger partial charge in [0.05, 0.1) is 6.42 Å². The molecule has 6 nitrogen and oxygen atoms in total. The molecule has 0 saturated carbocycles. The van der Waals surface area contributed by atoms with Crippen LogP contribution in [0.5, 0.6) is 0 Å². The number of carboxylic acid groups (broad SMARTS) is 1. The molecule has 3 N–H and O–H groups in total. The molecule has 1 heterocycles. The number of rotatable bonds is 3. The fourth-order valence-electron chi connectivity index (χ4n) is 2.20. The maximum Gasteiger partial charge on any atom is 0.321 e. The second kappa shape index (κ2) is 6.91. The third-order valence-electron chi connectivity index (χ3n) is 3.23. The molecule has 0 aromatic heterocycles. The molecule has 0 atom stereocenters. The highest BCUT2D eigenvalue weighted by Crippen LogP contribution is 2.16. The van der Waals surface area contributed by atoms with E-state index in [1.807, 2.05) is 0 Å². The van der Waals surface area contributed by atoms with E-state index in [-0.39, 0.29) is 12.5 Å².